The smallest absolute Gasteiger partial charge is 0.321 e. The zero-order chi connectivity index (χ0) is 14.8. The molecular formula is C14H14N4O3. The molecule has 1 aromatic carbocycles. The highest BCUT2D eigenvalue weighted by atomic mass is 16.5. The third-order valence-electron chi connectivity index (χ3n) is 3.17. The first kappa shape index (κ1) is 13.2. The van der Waals surface area contributed by atoms with Crippen LogP contribution in [0, 0.1) is 6.92 Å². The van der Waals surface area contributed by atoms with Gasteiger partial charge in [-0.05, 0) is 31.2 Å². The van der Waals surface area contributed by atoms with Crippen LogP contribution in [-0.2, 0) is 0 Å². The molecule has 0 saturated carbocycles. The van der Waals surface area contributed by atoms with Gasteiger partial charge in [-0.25, -0.2) is 4.79 Å². The van der Waals surface area contributed by atoms with Gasteiger partial charge in [0.1, 0.15) is 5.76 Å². The van der Waals surface area contributed by atoms with Gasteiger partial charge >= 0.3 is 6.03 Å². The number of amides is 3. The molecule has 2 heterocycles. The van der Waals surface area contributed by atoms with E-state index in [2.05, 4.69) is 15.8 Å². The molecule has 0 aliphatic carbocycles. The average Bonchev–Trinajstić information content (AvgIpc) is 3.08. The highest BCUT2D eigenvalue weighted by Gasteiger charge is 2.21. The minimum absolute atomic E-state index is 0.120. The third-order valence-corrected chi connectivity index (χ3v) is 3.17. The van der Waals surface area contributed by atoms with Crippen molar-refractivity contribution in [3.05, 3.63) is 41.7 Å². The molecular weight excluding hydrogens is 272 g/mol. The Labute approximate surface area is 120 Å². The first-order valence-corrected chi connectivity index (χ1v) is 6.53. The largest absolute Gasteiger partial charge is 0.360 e. The molecule has 2 N–H and O–H groups in total. The second-order valence-electron chi connectivity index (χ2n) is 4.71. The van der Waals surface area contributed by atoms with Crippen molar-refractivity contribution >= 4 is 23.4 Å². The fourth-order valence-corrected chi connectivity index (χ4v) is 2.12. The Bertz CT molecular complexity index is 678. The van der Waals surface area contributed by atoms with E-state index in [4.69, 9.17) is 4.52 Å². The summed E-state index contributed by atoms with van der Waals surface area (Å²) in [7, 11) is 0. The first-order valence-electron chi connectivity index (χ1n) is 6.53. The monoisotopic (exact) mass is 286 g/mol. The molecule has 0 spiro atoms. The summed E-state index contributed by atoms with van der Waals surface area (Å²) in [4.78, 5) is 25.2. The number of hydrogen-bond acceptors (Lipinski definition) is 4. The summed E-state index contributed by atoms with van der Waals surface area (Å²) in [5, 5.41) is 9.07. The molecule has 108 valence electrons. The number of rotatable bonds is 3. The van der Waals surface area contributed by atoms with Gasteiger partial charge in [0.25, 0.3) is 5.91 Å². The topological polar surface area (TPSA) is 87.5 Å². The van der Waals surface area contributed by atoms with E-state index in [1.54, 1.807) is 42.2 Å². The number of hydrogen-bond donors (Lipinski definition) is 2. The average molecular weight is 286 g/mol. The number of nitrogens with zero attached hydrogens (tertiary/aromatic N) is 2. The number of benzene rings is 1. The quantitative estimate of drug-likeness (QED) is 0.900. The van der Waals surface area contributed by atoms with Crippen molar-refractivity contribution in [3.8, 4) is 0 Å². The highest BCUT2D eigenvalue weighted by Crippen LogP contribution is 2.18. The van der Waals surface area contributed by atoms with Crippen LogP contribution in [0.1, 0.15) is 16.1 Å². The molecule has 3 amide bonds. The van der Waals surface area contributed by atoms with E-state index in [0.717, 1.165) is 5.69 Å². The van der Waals surface area contributed by atoms with Crippen LogP contribution in [0.4, 0.5) is 16.3 Å². The Kier molecular flexibility index (Phi) is 3.31. The molecule has 0 radical (unpaired) electrons. The number of aryl methyl sites for hydroxylation is 1. The maximum absolute atomic E-state index is 12.0. The summed E-state index contributed by atoms with van der Waals surface area (Å²) in [5.74, 6) is 0.724. The molecule has 1 aliphatic heterocycles. The van der Waals surface area contributed by atoms with Gasteiger partial charge < -0.3 is 15.2 Å². The van der Waals surface area contributed by atoms with E-state index in [9.17, 15) is 9.59 Å². The fraction of sp³-hybridized carbons (Fsp3) is 0.214. The van der Waals surface area contributed by atoms with Crippen LogP contribution in [-0.4, -0.2) is 30.2 Å². The molecule has 0 unspecified atom stereocenters. The number of carbonyl (C=O) groups excluding carboxylic acids is 2. The zero-order valence-electron chi connectivity index (χ0n) is 11.4. The third kappa shape index (κ3) is 2.71. The Balaban J connectivity index is 1.71. The van der Waals surface area contributed by atoms with Gasteiger partial charge in [0.15, 0.2) is 5.82 Å². The molecule has 3 rings (SSSR count). The van der Waals surface area contributed by atoms with Crippen molar-refractivity contribution in [2.75, 3.05) is 23.3 Å². The summed E-state index contributed by atoms with van der Waals surface area (Å²) >= 11 is 0. The number of carbonyl (C=O) groups is 2. The van der Waals surface area contributed by atoms with Gasteiger partial charge in [0.05, 0.1) is 0 Å². The van der Waals surface area contributed by atoms with Crippen molar-refractivity contribution in [1.29, 1.82) is 0 Å². The first-order chi connectivity index (χ1) is 10.1. The minimum atomic E-state index is -0.277. The van der Waals surface area contributed by atoms with Crippen molar-refractivity contribution in [2.24, 2.45) is 0 Å². The van der Waals surface area contributed by atoms with Crippen molar-refractivity contribution < 1.29 is 14.1 Å². The fourth-order valence-electron chi connectivity index (χ4n) is 2.12. The Morgan fingerprint density at radius 1 is 1.38 bits per heavy atom. The maximum atomic E-state index is 12.0. The van der Waals surface area contributed by atoms with Crippen molar-refractivity contribution in [3.63, 3.8) is 0 Å². The summed E-state index contributed by atoms with van der Waals surface area (Å²) in [6.07, 6.45) is 0. The number of urea groups is 1. The molecule has 1 aliphatic rings. The zero-order valence-corrected chi connectivity index (χ0v) is 11.4. The van der Waals surface area contributed by atoms with Crippen molar-refractivity contribution in [1.82, 2.24) is 10.5 Å². The molecule has 7 heteroatoms. The van der Waals surface area contributed by atoms with Gasteiger partial charge in [0, 0.05) is 30.4 Å². The lowest BCUT2D eigenvalue weighted by Gasteiger charge is -2.14. The van der Waals surface area contributed by atoms with E-state index in [0.29, 0.717) is 30.2 Å². The van der Waals surface area contributed by atoms with E-state index >= 15 is 0 Å². The summed E-state index contributed by atoms with van der Waals surface area (Å²) in [6.45, 7) is 3.01. The van der Waals surface area contributed by atoms with Crippen LogP contribution >= 0.6 is 0 Å². The van der Waals surface area contributed by atoms with Crippen molar-refractivity contribution in [2.45, 2.75) is 6.92 Å². The van der Waals surface area contributed by atoms with Crippen LogP contribution in [0.3, 0.4) is 0 Å². The maximum Gasteiger partial charge on any atom is 0.321 e. The number of aromatic nitrogens is 1. The lowest BCUT2D eigenvalue weighted by molar-refractivity contribution is 0.102. The van der Waals surface area contributed by atoms with Gasteiger partial charge in [-0.3, -0.25) is 9.69 Å². The number of anilines is 2. The highest BCUT2D eigenvalue weighted by molar-refractivity contribution is 6.04. The van der Waals surface area contributed by atoms with Gasteiger partial charge in [-0.1, -0.05) is 5.16 Å². The molecule has 2 aromatic rings. The number of nitrogens with one attached hydrogen (secondary N) is 2. The van der Waals surface area contributed by atoms with Gasteiger partial charge in [-0.2, -0.15) is 0 Å². The molecule has 0 bridgehead atoms. The van der Waals surface area contributed by atoms with Crippen LogP contribution < -0.4 is 15.5 Å². The molecule has 1 aromatic heterocycles. The molecule has 1 saturated heterocycles. The second kappa shape index (κ2) is 5.28. The minimum Gasteiger partial charge on any atom is -0.360 e. The standard InChI is InChI=1S/C14H14N4O3/c1-9-8-12(17-21-9)16-13(19)10-2-4-11(5-3-10)18-7-6-15-14(18)20/h2-5,8H,6-7H2,1H3,(H,15,20)(H,16,17,19). The molecule has 0 atom stereocenters. The summed E-state index contributed by atoms with van der Waals surface area (Å²) in [6, 6.07) is 8.35. The summed E-state index contributed by atoms with van der Waals surface area (Å²) < 4.78 is 4.88. The van der Waals surface area contributed by atoms with Crippen LogP contribution in [0.15, 0.2) is 34.9 Å². The van der Waals surface area contributed by atoms with Gasteiger partial charge in [-0.15, -0.1) is 0 Å². The van der Waals surface area contributed by atoms with Crippen LogP contribution in [0.2, 0.25) is 0 Å². The van der Waals surface area contributed by atoms with Gasteiger partial charge in [0.2, 0.25) is 0 Å². The lowest BCUT2D eigenvalue weighted by atomic mass is 10.2. The lowest BCUT2D eigenvalue weighted by Crippen LogP contribution is -2.27. The Morgan fingerprint density at radius 2 is 2.14 bits per heavy atom. The Hall–Kier alpha value is -2.83. The molecule has 1 fully saturated rings. The second-order valence-corrected chi connectivity index (χ2v) is 4.71. The molecule has 21 heavy (non-hydrogen) atoms. The van der Waals surface area contributed by atoms with Crippen LogP contribution in [0.25, 0.3) is 0 Å². The van der Waals surface area contributed by atoms with E-state index in [-0.39, 0.29) is 11.9 Å². The Morgan fingerprint density at radius 3 is 2.71 bits per heavy atom. The SMILES string of the molecule is Cc1cc(NC(=O)c2ccc(N3CCNC3=O)cc2)no1. The predicted molar refractivity (Wildman–Crippen MR) is 76.4 cm³/mol. The predicted octanol–water partition coefficient (Wildman–Crippen LogP) is 1.76. The normalized spacial score (nSPS) is 14.1. The van der Waals surface area contributed by atoms with E-state index < -0.39 is 0 Å². The van der Waals surface area contributed by atoms with Crippen LogP contribution in [0.5, 0.6) is 0 Å². The van der Waals surface area contributed by atoms with E-state index in [1.807, 2.05) is 0 Å². The summed E-state index contributed by atoms with van der Waals surface area (Å²) in [5.41, 5.74) is 1.25. The van der Waals surface area contributed by atoms with E-state index in [1.165, 1.54) is 0 Å². The molecule has 7 nitrogen and oxygen atoms in total.